The van der Waals surface area contributed by atoms with Gasteiger partial charge in [0.25, 0.3) is 0 Å². The summed E-state index contributed by atoms with van der Waals surface area (Å²) in [5.74, 6) is -0.0540. The van der Waals surface area contributed by atoms with Crippen LogP contribution in [0.1, 0.15) is 23.6 Å². The van der Waals surface area contributed by atoms with E-state index in [4.69, 9.17) is 0 Å². The molecule has 16 heavy (non-hydrogen) atoms. The number of phenols is 1. The van der Waals surface area contributed by atoms with Gasteiger partial charge in [0.15, 0.2) is 5.60 Å². The first kappa shape index (κ1) is 12.8. The van der Waals surface area contributed by atoms with Crippen LogP contribution in [0.3, 0.4) is 0 Å². The van der Waals surface area contributed by atoms with Crippen molar-refractivity contribution in [1.29, 1.82) is 0 Å². The molecule has 1 rings (SSSR count). The number of rotatable bonds is 1. The number of hydrogen-bond acceptors (Lipinski definition) is 2. The molecule has 0 saturated carbocycles. The number of aromatic hydroxyl groups is 1. The number of aryl methyl sites for hydroxylation is 2. The molecule has 0 bridgehead atoms. The summed E-state index contributed by atoms with van der Waals surface area (Å²) in [4.78, 5) is 0. The second-order valence-corrected chi connectivity index (χ2v) is 4.03. The van der Waals surface area contributed by atoms with Crippen LogP contribution in [-0.4, -0.2) is 16.4 Å². The molecule has 2 N–H and O–H groups in total. The maximum absolute atomic E-state index is 12.6. The Kier molecular flexibility index (Phi) is 2.94. The molecule has 0 aromatic heterocycles. The standard InChI is InChI=1S/C11H13F3O2/c1-6-4-8(5-7(2)9(6)15)10(3,16)11(12,13)14/h4-5,15-16H,1-3H3. The second-order valence-electron chi connectivity index (χ2n) is 4.03. The van der Waals surface area contributed by atoms with Crippen LogP contribution in [0.15, 0.2) is 12.1 Å². The third-order valence-electron chi connectivity index (χ3n) is 2.61. The van der Waals surface area contributed by atoms with Crippen LogP contribution in [0.4, 0.5) is 13.2 Å². The van der Waals surface area contributed by atoms with Crippen LogP contribution < -0.4 is 0 Å². The lowest BCUT2D eigenvalue weighted by Gasteiger charge is -2.27. The molecule has 0 fully saturated rings. The number of alkyl halides is 3. The number of hydrogen-bond donors (Lipinski definition) is 2. The van der Waals surface area contributed by atoms with Crippen molar-refractivity contribution in [3.63, 3.8) is 0 Å². The Labute approximate surface area is 91.3 Å². The summed E-state index contributed by atoms with van der Waals surface area (Å²) in [6.07, 6.45) is -4.75. The molecular formula is C11H13F3O2. The van der Waals surface area contributed by atoms with Crippen molar-refractivity contribution in [1.82, 2.24) is 0 Å². The first-order valence-corrected chi connectivity index (χ1v) is 4.67. The van der Waals surface area contributed by atoms with Gasteiger partial charge in [-0.1, -0.05) is 0 Å². The SMILES string of the molecule is Cc1cc(C(C)(O)C(F)(F)F)cc(C)c1O. The van der Waals surface area contributed by atoms with Crippen LogP contribution in [0.5, 0.6) is 5.75 Å². The average molecular weight is 234 g/mol. The fraction of sp³-hybridized carbons (Fsp3) is 0.455. The van der Waals surface area contributed by atoms with Gasteiger partial charge in [-0.3, -0.25) is 0 Å². The van der Waals surface area contributed by atoms with Gasteiger partial charge in [0.05, 0.1) is 0 Å². The van der Waals surface area contributed by atoms with E-state index < -0.39 is 11.8 Å². The summed E-state index contributed by atoms with van der Waals surface area (Å²) in [7, 11) is 0. The molecule has 1 atom stereocenters. The minimum Gasteiger partial charge on any atom is -0.507 e. The smallest absolute Gasteiger partial charge is 0.421 e. The molecule has 5 heteroatoms. The molecule has 0 saturated heterocycles. The van der Waals surface area contributed by atoms with E-state index in [1.165, 1.54) is 13.8 Å². The summed E-state index contributed by atoms with van der Waals surface area (Å²) in [5.41, 5.74) is -2.57. The molecule has 90 valence electrons. The highest BCUT2D eigenvalue weighted by Gasteiger charge is 2.51. The lowest BCUT2D eigenvalue weighted by molar-refractivity contribution is -0.258. The van der Waals surface area contributed by atoms with E-state index in [0.29, 0.717) is 18.1 Å². The van der Waals surface area contributed by atoms with E-state index in [2.05, 4.69) is 0 Å². The zero-order valence-corrected chi connectivity index (χ0v) is 9.18. The van der Waals surface area contributed by atoms with Crippen LogP contribution in [0, 0.1) is 13.8 Å². The van der Waals surface area contributed by atoms with Crippen LogP contribution in [0.25, 0.3) is 0 Å². The number of benzene rings is 1. The van der Waals surface area contributed by atoms with E-state index >= 15 is 0 Å². The molecule has 0 spiro atoms. The highest BCUT2D eigenvalue weighted by Crippen LogP contribution is 2.40. The Bertz CT molecular complexity index is 385. The van der Waals surface area contributed by atoms with E-state index in [0.717, 1.165) is 12.1 Å². The Hall–Kier alpha value is -1.23. The molecule has 1 aromatic rings. The summed E-state index contributed by atoms with van der Waals surface area (Å²) < 4.78 is 37.7. The van der Waals surface area contributed by atoms with Crippen LogP contribution in [0.2, 0.25) is 0 Å². The lowest BCUT2D eigenvalue weighted by Crippen LogP contribution is -2.39. The Morgan fingerprint density at radius 2 is 1.44 bits per heavy atom. The van der Waals surface area contributed by atoms with Crippen molar-refractivity contribution in [3.05, 3.63) is 28.8 Å². The summed E-state index contributed by atoms with van der Waals surface area (Å²) in [6.45, 7) is 3.66. The molecule has 0 aliphatic rings. The fourth-order valence-electron chi connectivity index (χ4n) is 1.40. The Morgan fingerprint density at radius 1 is 1.06 bits per heavy atom. The van der Waals surface area contributed by atoms with Gasteiger partial charge in [-0.05, 0) is 49.6 Å². The van der Waals surface area contributed by atoms with Crippen molar-refractivity contribution in [3.8, 4) is 5.75 Å². The van der Waals surface area contributed by atoms with Crippen molar-refractivity contribution in [2.24, 2.45) is 0 Å². The Balaban J connectivity index is 3.35. The van der Waals surface area contributed by atoms with Crippen LogP contribution in [-0.2, 0) is 5.60 Å². The molecule has 2 nitrogen and oxygen atoms in total. The van der Waals surface area contributed by atoms with Crippen molar-refractivity contribution < 1.29 is 23.4 Å². The average Bonchev–Trinajstić information content (AvgIpc) is 2.11. The minimum absolute atomic E-state index is 0.0540. The normalized spacial score (nSPS) is 15.9. The highest BCUT2D eigenvalue weighted by molar-refractivity contribution is 5.44. The molecule has 1 unspecified atom stereocenters. The number of phenolic OH excluding ortho intramolecular Hbond substituents is 1. The zero-order valence-electron chi connectivity index (χ0n) is 9.18. The molecular weight excluding hydrogens is 221 g/mol. The van der Waals surface area contributed by atoms with Gasteiger partial charge in [0.1, 0.15) is 5.75 Å². The number of aliphatic hydroxyl groups is 1. The van der Waals surface area contributed by atoms with Gasteiger partial charge >= 0.3 is 6.18 Å². The number of halogens is 3. The predicted octanol–water partition coefficient (Wildman–Crippen LogP) is 2.78. The quantitative estimate of drug-likeness (QED) is 0.784. The predicted molar refractivity (Wildman–Crippen MR) is 53.2 cm³/mol. The molecule has 0 amide bonds. The van der Waals surface area contributed by atoms with Gasteiger partial charge in [-0.2, -0.15) is 13.2 Å². The summed E-state index contributed by atoms with van der Waals surface area (Å²) >= 11 is 0. The first-order chi connectivity index (χ1) is 7.07. The molecule has 0 aliphatic heterocycles. The highest BCUT2D eigenvalue weighted by atomic mass is 19.4. The van der Waals surface area contributed by atoms with Gasteiger partial charge in [-0.25, -0.2) is 0 Å². The van der Waals surface area contributed by atoms with E-state index in [1.54, 1.807) is 0 Å². The topological polar surface area (TPSA) is 40.5 Å². The molecule has 0 heterocycles. The van der Waals surface area contributed by atoms with E-state index in [1.807, 2.05) is 0 Å². The summed E-state index contributed by atoms with van der Waals surface area (Å²) in [6, 6.07) is 2.27. The van der Waals surface area contributed by atoms with Crippen molar-refractivity contribution in [2.45, 2.75) is 32.5 Å². The lowest BCUT2D eigenvalue weighted by atomic mass is 9.92. The van der Waals surface area contributed by atoms with Gasteiger partial charge in [0, 0.05) is 0 Å². The first-order valence-electron chi connectivity index (χ1n) is 4.67. The van der Waals surface area contributed by atoms with Gasteiger partial charge in [-0.15, -0.1) is 0 Å². The fourth-order valence-corrected chi connectivity index (χ4v) is 1.40. The minimum atomic E-state index is -4.75. The maximum atomic E-state index is 12.6. The molecule has 0 radical (unpaired) electrons. The van der Waals surface area contributed by atoms with Crippen LogP contribution >= 0.6 is 0 Å². The second kappa shape index (κ2) is 3.66. The van der Waals surface area contributed by atoms with Gasteiger partial charge < -0.3 is 10.2 Å². The Morgan fingerprint density at radius 3 is 1.75 bits per heavy atom. The molecule has 1 aromatic carbocycles. The zero-order chi connectivity index (χ0) is 12.7. The monoisotopic (exact) mass is 234 g/mol. The largest absolute Gasteiger partial charge is 0.507 e. The van der Waals surface area contributed by atoms with Gasteiger partial charge in [0.2, 0.25) is 0 Å². The maximum Gasteiger partial charge on any atom is 0.421 e. The van der Waals surface area contributed by atoms with Crippen molar-refractivity contribution in [2.75, 3.05) is 0 Å². The van der Waals surface area contributed by atoms with E-state index in [9.17, 15) is 23.4 Å². The van der Waals surface area contributed by atoms with E-state index in [-0.39, 0.29) is 11.3 Å². The third-order valence-corrected chi connectivity index (χ3v) is 2.61. The van der Waals surface area contributed by atoms with Crippen molar-refractivity contribution >= 4 is 0 Å². The third kappa shape index (κ3) is 2.00. The summed E-state index contributed by atoms with van der Waals surface area (Å²) in [5, 5.41) is 18.9. The molecule has 0 aliphatic carbocycles.